The van der Waals surface area contributed by atoms with Crippen molar-refractivity contribution in [1.82, 2.24) is 4.90 Å². The van der Waals surface area contributed by atoms with Crippen LogP contribution in [0.15, 0.2) is 42.5 Å². The second-order valence-electron chi connectivity index (χ2n) is 6.64. The minimum atomic E-state index is -0.444. The molecule has 4 nitrogen and oxygen atoms in total. The number of hydrogen-bond acceptors (Lipinski definition) is 3. The maximum absolute atomic E-state index is 13.2. The summed E-state index contributed by atoms with van der Waals surface area (Å²) in [5.74, 6) is -0.418. The van der Waals surface area contributed by atoms with Gasteiger partial charge in [0.15, 0.2) is 0 Å². The van der Waals surface area contributed by atoms with Gasteiger partial charge in [-0.05, 0) is 37.1 Å². The Hall–Kier alpha value is -2.11. The van der Waals surface area contributed by atoms with Gasteiger partial charge in [-0.15, -0.1) is 0 Å². The number of nitrogens with zero attached hydrogens (tertiary/aromatic N) is 1. The Morgan fingerprint density at radius 3 is 2.65 bits per heavy atom. The number of halogens is 2. The SMILES string of the molecule is O=C(CN(Cc1ccccc1O)C1CCCC1)Nc1ccc(F)cc1Cl. The number of phenols is 1. The smallest absolute Gasteiger partial charge is 0.238 e. The molecule has 1 aliphatic carbocycles. The topological polar surface area (TPSA) is 52.6 Å². The lowest BCUT2D eigenvalue weighted by molar-refractivity contribution is -0.118. The maximum Gasteiger partial charge on any atom is 0.238 e. The first-order valence-corrected chi connectivity index (χ1v) is 9.16. The summed E-state index contributed by atoms with van der Waals surface area (Å²) in [6, 6.07) is 11.4. The molecule has 3 rings (SSSR count). The van der Waals surface area contributed by atoms with E-state index in [9.17, 15) is 14.3 Å². The molecule has 2 aromatic carbocycles. The van der Waals surface area contributed by atoms with Crippen molar-refractivity contribution >= 4 is 23.2 Å². The van der Waals surface area contributed by atoms with Crippen LogP contribution in [0.4, 0.5) is 10.1 Å². The molecule has 0 unspecified atom stereocenters. The first-order chi connectivity index (χ1) is 12.5. The summed E-state index contributed by atoms with van der Waals surface area (Å²) >= 11 is 5.99. The molecular formula is C20H22ClFN2O2. The number of aromatic hydroxyl groups is 1. The molecule has 0 saturated heterocycles. The van der Waals surface area contributed by atoms with Crippen LogP contribution in [0.1, 0.15) is 31.2 Å². The fourth-order valence-corrected chi connectivity index (χ4v) is 3.63. The molecule has 0 atom stereocenters. The van der Waals surface area contributed by atoms with Crippen molar-refractivity contribution in [3.8, 4) is 5.75 Å². The zero-order valence-electron chi connectivity index (χ0n) is 14.4. The number of nitrogens with one attached hydrogen (secondary N) is 1. The molecule has 1 fully saturated rings. The van der Waals surface area contributed by atoms with E-state index in [1.165, 1.54) is 18.2 Å². The predicted molar refractivity (Wildman–Crippen MR) is 101 cm³/mol. The lowest BCUT2D eigenvalue weighted by Gasteiger charge is -2.28. The lowest BCUT2D eigenvalue weighted by atomic mass is 10.1. The molecule has 2 N–H and O–H groups in total. The fourth-order valence-electron chi connectivity index (χ4n) is 3.41. The van der Waals surface area contributed by atoms with Gasteiger partial charge < -0.3 is 10.4 Å². The van der Waals surface area contributed by atoms with Crippen LogP contribution in [0.2, 0.25) is 5.02 Å². The third-order valence-electron chi connectivity index (χ3n) is 4.76. The van der Waals surface area contributed by atoms with E-state index in [1.54, 1.807) is 12.1 Å². The predicted octanol–water partition coefficient (Wildman–Crippen LogP) is 4.57. The molecule has 138 valence electrons. The molecule has 0 bridgehead atoms. The number of phenolic OH excluding ortho intramolecular Hbond substituents is 1. The van der Waals surface area contributed by atoms with Crippen LogP contribution in [-0.4, -0.2) is 28.5 Å². The maximum atomic E-state index is 13.2. The quantitative estimate of drug-likeness (QED) is 0.776. The Bertz CT molecular complexity index is 778. The van der Waals surface area contributed by atoms with Gasteiger partial charge in [0.1, 0.15) is 11.6 Å². The number of benzene rings is 2. The number of amides is 1. The molecule has 1 aliphatic rings. The molecule has 2 aromatic rings. The van der Waals surface area contributed by atoms with Gasteiger partial charge in [-0.2, -0.15) is 0 Å². The first-order valence-electron chi connectivity index (χ1n) is 8.79. The average molecular weight is 377 g/mol. The van der Waals surface area contributed by atoms with Crippen molar-refractivity contribution in [3.05, 3.63) is 58.9 Å². The number of rotatable bonds is 6. The van der Waals surface area contributed by atoms with E-state index >= 15 is 0 Å². The van der Waals surface area contributed by atoms with Crippen LogP contribution in [0, 0.1) is 5.82 Å². The van der Waals surface area contributed by atoms with Gasteiger partial charge in [-0.1, -0.05) is 42.6 Å². The van der Waals surface area contributed by atoms with E-state index in [2.05, 4.69) is 10.2 Å². The molecule has 0 heterocycles. The summed E-state index contributed by atoms with van der Waals surface area (Å²) < 4.78 is 13.2. The van der Waals surface area contributed by atoms with E-state index in [4.69, 9.17) is 11.6 Å². The van der Waals surface area contributed by atoms with Crippen molar-refractivity contribution < 1.29 is 14.3 Å². The van der Waals surface area contributed by atoms with Crippen LogP contribution in [0.25, 0.3) is 0 Å². The van der Waals surface area contributed by atoms with Gasteiger partial charge in [-0.25, -0.2) is 4.39 Å². The minimum absolute atomic E-state index is 0.173. The lowest BCUT2D eigenvalue weighted by Crippen LogP contribution is -2.39. The normalized spacial score (nSPS) is 14.7. The highest BCUT2D eigenvalue weighted by Crippen LogP contribution is 2.27. The zero-order valence-corrected chi connectivity index (χ0v) is 15.2. The Balaban J connectivity index is 1.70. The Morgan fingerprint density at radius 1 is 1.23 bits per heavy atom. The first kappa shape index (κ1) is 18.7. The van der Waals surface area contributed by atoms with Gasteiger partial charge >= 0.3 is 0 Å². The second kappa shape index (κ2) is 8.52. The molecule has 26 heavy (non-hydrogen) atoms. The molecule has 0 aliphatic heterocycles. The molecule has 6 heteroatoms. The molecular weight excluding hydrogens is 355 g/mol. The van der Waals surface area contributed by atoms with E-state index in [-0.39, 0.29) is 23.2 Å². The van der Waals surface area contributed by atoms with E-state index < -0.39 is 5.82 Å². The number of carbonyl (C=O) groups is 1. The summed E-state index contributed by atoms with van der Waals surface area (Å²) in [4.78, 5) is 14.6. The minimum Gasteiger partial charge on any atom is -0.508 e. The third kappa shape index (κ3) is 4.74. The van der Waals surface area contributed by atoms with Crippen molar-refractivity contribution in [1.29, 1.82) is 0 Å². The highest BCUT2D eigenvalue weighted by molar-refractivity contribution is 6.33. The molecule has 0 spiro atoms. The second-order valence-corrected chi connectivity index (χ2v) is 7.05. The molecule has 1 saturated carbocycles. The summed E-state index contributed by atoms with van der Waals surface area (Å²) in [6.45, 7) is 0.689. The van der Waals surface area contributed by atoms with Crippen molar-refractivity contribution in [2.45, 2.75) is 38.3 Å². The van der Waals surface area contributed by atoms with Crippen LogP contribution in [-0.2, 0) is 11.3 Å². The standard InChI is InChI=1S/C20H22ClFN2O2/c21-17-11-15(22)9-10-18(17)23-20(26)13-24(16-6-2-3-7-16)12-14-5-1-4-8-19(14)25/h1,4-5,8-11,16,25H,2-3,6-7,12-13H2,(H,23,26). The summed E-state index contributed by atoms with van der Waals surface area (Å²) in [6.07, 6.45) is 4.37. The fraction of sp³-hybridized carbons (Fsp3) is 0.350. The number of para-hydroxylation sites is 1. The van der Waals surface area contributed by atoms with Crippen molar-refractivity contribution in [2.75, 3.05) is 11.9 Å². The van der Waals surface area contributed by atoms with E-state index in [0.717, 1.165) is 31.2 Å². The largest absolute Gasteiger partial charge is 0.508 e. The van der Waals surface area contributed by atoms with Crippen LogP contribution in [0.3, 0.4) is 0 Å². The van der Waals surface area contributed by atoms with Crippen LogP contribution < -0.4 is 5.32 Å². The van der Waals surface area contributed by atoms with Gasteiger partial charge in [0, 0.05) is 18.2 Å². The number of anilines is 1. The highest BCUT2D eigenvalue weighted by atomic mass is 35.5. The molecule has 0 aromatic heterocycles. The third-order valence-corrected chi connectivity index (χ3v) is 5.07. The van der Waals surface area contributed by atoms with Gasteiger partial charge in [0.05, 0.1) is 17.3 Å². The van der Waals surface area contributed by atoms with Crippen molar-refractivity contribution in [2.24, 2.45) is 0 Å². The van der Waals surface area contributed by atoms with Gasteiger partial charge in [0.2, 0.25) is 5.91 Å². The monoisotopic (exact) mass is 376 g/mol. The van der Waals surface area contributed by atoms with E-state index in [0.29, 0.717) is 18.3 Å². The Kier molecular flexibility index (Phi) is 6.12. The average Bonchev–Trinajstić information content (AvgIpc) is 3.13. The van der Waals surface area contributed by atoms with Gasteiger partial charge in [-0.3, -0.25) is 9.69 Å². The van der Waals surface area contributed by atoms with Gasteiger partial charge in [0.25, 0.3) is 0 Å². The van der Waals surface area contributed by atoms with Crippen LogP contribution >= 0.6 is 11.6 Å². The Morgan fingerprint density at radius 2 is 1.96 bits per heavy atom. The summed E-state index contributed by atoms with van der Waals surface area (Å²) in [5.41, 5.74) is 1.19. The number of carbonyl (C=O) groups excluding carboxylic acids is 1. The highest BCUT2D eigenvalue weighted by Gasteiger charge is 2.25. The summed E-state index contributed by atoms with van der Waals surface area (Å²) in [7, 11) is 0. The van der Waals surface area contributed by atoms with Crippen LogP contribution in [0.5, 0.6) is 5.75 Å². The van der Waals surface area contributed by atoms with E-state index in [1.807, 2.05) is 12.1 Å². The summed E-state index contributed by atoms with van der Waals surface area (Å²) in [5, 5.41) is 13.0. The molecule has 1 amide bonds. The molecule has 0 radical (unpaired) electrons. The Labute approximate surface area is 157 Å². The van der Waals surface area contributed by atoms with Crippen molar-refractivity contribution in [3.63, 3.8) is 0 Å². The number of hydrogen-bond donors (Lipinski definition) is 2. The zero-order chi connectivity index (χ0) is 18.5.